The van der Waals surface area contributed by atoms with Crippen LogP contribution in [0, 0.1) is 0 Å². The summed E-state index contributed by atoms with van der Waals surface area (Å²) >= 11 is 0. The third-order valence-electron chi connectivity index (χ3n) is 3.29. The summed E-state index contributed by atoms with van der Waals surface area (Å²) in [6, 6.07) is 9.41. The summed E-state index contributed by atoms with van der Waals surface area (Å²) in [6.07, 6.45) is 1.52. The molecule has 21 heavy (non-hydrogen) atoms. The van der Waals surface area contributed by atoms with Crippen LogP contribution in [0.3, 0.4) is 0 Å². The fourth-order valence-electron chi connectivity index (χ4n) is 2.16. The molecule has 0 aliphatic carbocycles. The standard InChI is InChI=1S/C16H19NO4/c1-11(17-15(18)8-4-5-9-16(19)20)14-10-12-6-2-3-7-13(12)21-14/h2-3,6-7,10-11H,4-5,8-9H2,1H3,(H,17,18)(H,19,20). The fraction of sp³-hybridized carbons (Fsp3) is 0.375. The Bertz CT molecular complexity index is 599. The molecule has 1 amide bonds. The summed E-state index contributed by atoms with van der Waals surface area (Å²) < 4.78 is 5.70. The van der Waals surface area contributed by atoms with Gasteiger partial charge in [-0.2, -0.15) is 0 Å². The van der Waals surface area contributed by atoms with Gasteiger partial charge in [0.2, 0.25) is 5.91 Å². The number of amides is 1. The van der Waals surface area contributed by atoms with Crippen molar-refractivity contribution in [2.45, 2.75) is 38.6 Å². The fourth-order valence-corrected chi connectivity index (χ4v) is 2.16. The summed E-state index contributed by atoms with van der Waals surface area (Å²) in [5, 5.41) is 12.4. The molecule has 1 aromatic heterocycles. The second kappa shape index (κ2) is 6.92. The van der Waals surface area contributed by atoms with Gasteiger partial charge in [0.1, 0.15) is 11.3 Å². The highest BCUT2D eigenvalue weighted by Crippen LogP contribution is 2.23. The molecule has 1 heterocycles. The van der Waals surface area contributed by atoms with Gasteiger partial charge in [-0.25, -0.2) is 0 Å². The summed E-state index contributed by atoms with van der Waals surface area (Å²) in [7, 11) is 0. The Hall–Kier alpha value is -2.30. The Morgan fingerprint density at radius 3 is 2.67 bits per heavy atom. The normalized spacial score (nSPS) is 12.2. The molecular formula is C16H19NO4. The predicted molar refractivity (Wildman–Crippen MR) is 78.9 cm³/mol. The van der Waals surface area contributed by atoms with E-state index in [1.54, 1.807) is 0 Å². The highest BCUT2D eigenvalue weighted by molar-refractivity contribution is 5.79. The molecule has 2 rings (SSSR count). The number of carboxylic acid groups (broad SMARTS) is 1. The summed E-state index contributed by atoms with van der Waals surface area (Å²) in [5.74, 6) is -0.200. The van der Waals surface area contributed by atoms with Gasteiger partial charge in [0.15, 0.2) is 0 Å². The smallest absolute Gasteiger partial charge is 0.303 e. The van der Waals surface area contributed by atoms with Crippen LogP contribution in [0.25, 0.3) is 11.0 Å². The third kappa shape index (κ3) is 4.34. The number of hydrogen-bond acceptors (Lipinski definition) is 3. The van der Waals surface area contributed by atoms with Crippen LogP contribution >= 0.6 is 0 Å². The first kappa shape index (κ1) is 15.1. The monoisotopic (exact) mass is 289 g/mol. The maximum absolute atomic E-state index is 11.8. The summed E-state index contributed by atoms with van der Waals surface area (Å²) in [4.78, 5) is 22.2. The maximum Gasteiger partial charge on any atom is 0.303 e. The lowest BCUT2D eigenvalue weighted by atomic mass is 10.1. The first-order valence-electron chi connectivity index (χ1n) is 7.06. The van der Waals surface area contributed by atoms with Crippen molar-refractivity contribution >= 4 is 22.8 Å². The van der Waals surface area contributed by atoms with Gasteiger partial charge < -0.3 is 14.8 Å². The number of para-hydroxylation sites is 1. The molecule has 0 spiro atoms. The average molecular weight is 289 g/mol. The molecule has 1 atom stereocenters. The first-order chi connectivity index (χ1) is 10.1. The highest BCUT2D eigenvalue weighted by Gasteiger charge is 2.13. The molecule has 5 nitrogen and oxygen atoms in total. The van der Waals surface area contributed by atoms with Crippen LogP contribution in [0.1, 0.15) is 44.4 Å². The number of rotatable bonds is 7. The Labute approximate surface area is 122 Å². The van der Waals surface area contributed by atoms with Gasteiger partial charge in [0, 0.05) is 18.2 Å². The van der Waals surface area contributed by atoms with E-state index in [9.17, 15) is 9.59 Å². The van der Waals surface area contributed by atoms with Crippen molar-refractivity contribution in [1.29, 1.82) is 0 Å². The van der Waals surface area contributed by atoms with Crippen molar-refractivity contribution in [2.75, 3.05) is 0 Å². The predicted octanol–water partition coefficient (Wildman–Crippen LogP) is 3.26. The average Bonchev–Trinajstić information content (AvgIpc) is 2.87. The van der Waals surface area contributed by atoms with E-state index >= 15 is 0 Å². The molecular weight excluding hydrogens is 270 g/mol. The molecule has 0 fully saturated rings. The van der Waals surface area contributed by atoms with E-state index < -0.39 is 5.97 Å². The number of hydrogen-bond donors (Lipinski definition) is 2. The van der Waals surface area contributed by atoms with Crippen LogP contribution in [-0.4, -0.2) is 17.0 Å². The minimum Gasteiger partial charge on any atom is -0.481 e. The van der Waals surface area contributed by atoms with Gasteiger partial charge in [0.25, 0.3) is 0 Å². The zero-order chi connectivity index (χ0) is 15.2. The van der Waals surface area contributed by atoms with Gasteiger partial charge >= 0.3 is 5.97 Å². The molecule has 0 bridgehead atoms. The van der Waals surface area contributed by atoms with Gasteiger partial charge in [-0.05, 0) is 31.9 Å². The first-order valence-corrected chi connectivity index (χ1v) is 7.06. The molecule has 0 saturated carbocycles. The van der Waals surface area contributed by atoms with Crippen molar-refractivity contribution in [1.82, 2.24) is 5.32 Å². The number of carbonyl (C=O) groups is 2. The number of nitrogens with one attached hydrogen (secondary N) is 1. The van der Waals surface area contributed by atoms with E-state index in [1.807, 2.05) is 37.3 Å². The van der Waals surface area contributed by atoms with Gasteiger partial charge in [-0.1, -0.05) is 18.2 Å². The molecule has 0 aliphatic rings. The van der Waals surface area contributed by atoms with E-state index in [0.29, 0.717) is 19.3 Å². The molecule has 2 aromatic rings. The van der Waals surface area contributed by atoms with Crippen LogP contribution in [0.15, 0.2) is 34.7 Å². The quantitative estimate of drug-likeness (QED) is 0.767. The molecule has 0 aliphatic heterocycles. The maximum atomic E-state index is 11.8. The Balaban J connectivity index is 1.84. The highest BCUT2D eigenvalue weighted by atomic mass is 16.4. The van der Waals surface area contributed by atoms with E-state index in [4.69, 9.17) is 9.52 Å². The zero-order valence-corrected chi connectivity index (χ0v) is 12.0. The van der Waals surface area contributed by atoms with Crippen LogP contribution in [-0.2, 0) is 9.59 Å². The molecule has 112 valence electrons. The largest absolute Gasteiger partial charge is 0.481 e. The SMILES string of the molecule is CC(NC(=O)CCCCC(=O)O)c1cc2ccccc2o1. The summed E-state index contributed by atoms with van der Waals surface area (Å²) in [6.45, 7) is 1.87. The third-order valence-corrected chi connectivity index (χ3v) is 3.29. The Morgan fingerprint density at radius 1 is 1.24 bits per heavy atom. The molecule has 0 radical (unpaired) electrons. The molecule has 1 aromatic carbocycles. The van der Waals surface area contributed by atoms with Gasteiger partial charge in [0.05, 0.1) is 6.04 Å². The van der Waals surface area contributed by atoms with Crippen LogP contribution in [0.4, 0.5) is 0 Å². The van der Waals surface area contributed by atoms with E-state index in [2.05, 4.69) is 5.32 Å². The number of carbonyl (C=O) groups excluding carboxylic acids is 1. The Morgan fingerprint density at radius 2 is 1.95 bits per heavy atom. The van der Waals surface area contributed by atoms with Crippen LogP contribution in [0.2, 0.25) is 0 Å². The topological polar surface area (TPSA) is 79.5 Å². The van der Waals surface area contributed by atoms with Gasteiger partial charge in [-0.3, -0.25) is 9.59 Å². The zero-order valence-electron chi connectivity index (χ0n) is 12.0. The minimum atomic E-state index is -0.828. The number of benzene rings is 1. The molecule has 0 saturated heterocycles. The van der Waals surface area contributed by atoms with Crippen molar-refractivity contribution in [3.8, 4) is 0 Å². The Kier molecular flexibility index (Phi) is 4.98. The van der Waals surface area contributed by atoms with E-state index in [-0.39, 0.29) is 18.4 Å². The van der Waals surface area contributed by atoms with Crippen molar-refractivity contribution in [3.63, 3.8) is 0 Å². The molecule has 2 N–H and O–H groups in total. The van der Waals surface area contributed by atoms with Crippen LogP contribution in [0.5, 0.6) is 0 Å². The molecule has 5 heteroatoms. The lowest BCUT2D eigenvalue weighted by Crippen LogP contribution is -2.26. The lowest BCUT2D eigenvalue weighted by molar-refractivity contribution is -0.137. The lowest BCUT2D eigenvalue weighted by Gasteiger charge is -2.11. The number of furan rings is 1. The van der Waals surface area contributed by atoms with Crippen molar-refractivity contribution < 1.29 is 19.1 Å². The number of carboxylic acids is 1. The van der Waals surface area contributed by atoms with Crippen molar-refractivity contribution in [2.24, 2.45) is 0 Å². The second-order valence-corrected chi connectivity index (χ2v) is 5.08. The van der Waals surface area contributed by atoms with Crippen molar-refractivity contribution in [3.05, 3.63) is 36.1 Å². The van der Waals surface area contributed by atoms with Gasteiger partial charge in [-0.15, -0.1) is 0 Å². The summed E-state index contributed by atoms with van der Waals surface area (Å²) in [5.41, 5.74) is 0.801. The van der Waals surface area contributed by atoms with Crippen LogP contribution < -0.4 is 5.32 Å². The number of fused-ring (bicyclic) bond motifs is 1. The number of aliphatic carboxylic acids is 1. The number of unbranched alkanes of at least 4 members (excludes halogenated alkanes) is 1. The van der Waals surface area contributed by atoms with E-state index in [1.165, 1.54) is 0 Å². The second-order valence-electron chi connectivity index (χ2n) is 5.08. The minimum absolute atomic E-state index is 0.0895. The van der Waals surface area contributed by atoms with E-state index in [0.717, 1.165) is 16.7 Å². The molecule has 1 unspecified atom stereocenters.